The average Bonchev–Trinajstić information content (AvgIpc) is 3.58. The van der Waals surface area contributed by atoms with Crippen LogP contribution >= 0.6 is 0 Å². The van der Waals surface area contributed by atoms with E-state index in [1.165, 1.54) is 14.2 Å². The maximum atomic E-state index is 12.8. The van der Waals surface area contributed by atoms with Crippen LogP contribution in [0.5, 0.6) is 0 Å². The van der Waals surface area contributed by atoms with Crippen molar-refractivity contribution in [1.29, 1.82) is 0 Å². The van der Waals surface area contributed by atoms with Gasteiger partial charge in [-0.2, -0.15) is 0 Å². The first-order valence-corrected chi connectivity index (χ1v) is 24.6. The van der Waals surface area contributed by atoms with Gasteiger partial charge in [0.15, 0.2) is 25.2 Å². The Hall–Kier alpha value is -0.980. The predicted octanol–water partition coefficient (Wildman–Crippen LogP) is 1.68. The maximum Gasteiger partial charge on any atom is 0.187 e. The van der Waals surface area contributed by atoms with Crippen molar-refractivity contribution in [2.45, 2.75) is 228 Å². The molecule has 7 N–H and O–H groups in total. The molecule has 380 valence electrons. The van der Waals surface area contributed by atoms with Crippen LogP contribution in [0.1, 0.15) is 99.3 Å². The molecule has 18 heteroatoms. The number of hydrogen-bond acceptors (Lipinski definition) is 18. The van der Waals surface area contributed by atoms with Crippen LogP contribution in [0.4, 0.5) is 0 Å². The molecule has 4 saturated heterocycles. The van der Waals surface area contributed by atoms with Gasteiger partial charge in [0.05, 0.1) is 54.9 Å². The highest BCUT2D eigenvalue weighted by molar-refractivity contribution is 5.21. The van der Waals surface area contributed by atoms with Crippen molar-refractivity contribution >= 4 is 0 Å². The first kappa shape index (κ1) is 51.4. The third-order valence-electron chi connectivity index (χ3n) is 18.0. The monoisotopic (exact) mass is 945 g/mol. The highest BCUT2D eigenvalue weighted by atomic mass is 16.8. The van der Waals surface area contributed by atoms with Crippen LogP contribution in [0.25, 0.3) is 0 Å². The van der Waals surface area contributed by atoms with Gasteiger partial charge in [0.1, 0.15) is 54.9 Å². The van der Waals surface area contributed by atoms with E-state index >= 15 is 0 Å². The van der Waals surface area contributed by atoms with Crippen molar-refractivity contribution in [1.82, 2.24) is 0 Å². The molecule has 0 aromatic heterocycles. The van der Waals surface area contributed by atoms with E-state index in [0.29, 0.717) is 30.6 Å². The van der Waals surface area contributed by atoms with E-state index in [1.807, 2.05) is 13.8 Å². The molecule has 3 saturated carbocycles. The van der Waals surface area contributed by atoms with E-state index in [1.54, 1.807) is 21.0 Å². The van der Waals surface area contributed by atoms with Crippen LogP contribution < -0.4 is 0 Å². The zero-order valence-corrected chi connectivity index (χ0v) is 40.2. The van der Waals surface area contributed by atoms with Gasteiger partial charge < -0.3 is 87.9 Å². The number of ether oxygens (including phenoxy) is 11. The minimum atomic E-state index is -1.58. The molecular weight excluding hydrogens is 865 g/mol. The lowest BCUT2D eigenvalue weighted by atomic mass is 9.46. The van der Waals surface area contributed by atoms with Crippen molar-refractivity contribution in [2.24, 2.45) is 34.5 Å². The predicted molar refractivity (Wildman–Crippen MR) is 232 cm³/mol. The normalized spacial score (nSPS) is 54.6. The SMILES string of the molecule is CO[C@H]1[C@@H](O)[C@@H](C)O[C@@H](O[C@H]2CC[C@@]3(C)[C@@H](C=C[C@@H]4[C@@H]3CC[C@@]3(C)[C@H]4CC[C@]3(O)[C@@H](C)O[C@H]3C[C@H](OC)[C@@H](O[C@H]4C[C@@H](OC)[C@H](O[C@@H]5O[C@H](CO)[C@@H](O)[C@H](O)[C@H]5O)[C@@H](C)O4)[C@@H](C)O3)C2)[C@@H]1O. The molecule has 0 unspecified atom stereocenters. The molecule has 8 aliphatic rings. The number of fused-ring (bicyclic) bond motifs is 5. The number of hydrogen-bond donors (Lipinski definition) is 7. The third-order valence-corrected chi connectivity index (χ3v) is 18.0. The number of allylic oxidation sites excluding steroid dienone is 2. The minimum absolute atomic E-state index is 0.0720. The second-order valence-corrected chi connectivity index (χ2v) is 21.4. The summed E-state index contributed by atoms with van der Waals surface area (Å²) in [6.45, 7) is 11.6. The Morgan fingerprint density at radius 3 is 1.92 bits per heavy atom. The molecule has 0 amide bonds. The molecule has 4 aliphatic carbocycles. The summed E-state index contributed by atoms with van der Waals surface area (Å²) in [4.78, 5) is 0. The number of aliphatic hydroxyl groups excluding tert-OH is 6. The van der Waals surface area contributed by atoms with Gasteiger partial charge in [-0.15, -0.1) is 0 Å². The van der Waals surface area contributed by atoms with Gasteiger partial charge in [0, 0.05) is 39.6 Å². The highest BCUT2D eigenvalue weighted by Gasteiger charge is 2.66. The topological polar surface area (TPSA) is 243 Å². The Kier molecular flexibility index (Phi) is 15.8. The van der Waals surface area contributed by atoms with Gasteiger partial charge in [-0.1, -0.05) is 26.0 Å². The lowest BCUT2D eigenvalue weighted by Crippen LogP contribution is -2.62. The van der Waals surface area contributed by atoms with Gasteiger partial charge in [0.2, 0.25) is 0 Å². The Morgan fingerprint density at radius 2 is 1.26 bits per heavy atom. The summed E-state index contributed by atoms with van der Waals surface area (Å²) in [5, 5.41) is 75.0. The lowest BCUT2D eigenvalue weighted by molar-refractivity contribution is -0.354. The second kappa shape index (κ2) is 20.3. The van der Waals surface area contributed by atoms with E-state index < -0.39 is 129 Å². The zero-order valence-electron chi connectivity index (χ0n) is 40.2. The molecule has 0 bridgehead atoms. The molecule has 27 atom stereocenters. The Labute approximate surface area is 389 Å². The number of methoxy groups -OCH3 is 3. The van der Waals surface area contributed by atoms with Gasteiger partial charge in [-0.25, -0.2) is 0 Å². The maximum absolute atomic E-state index is 12.8. The summed E-state index contributed by atoms with van der Waals surface area (Å²) < 4.78 is 67.3. The van der Waals surface area contributed by atoms with Gasteiger partial charge in [0.25, 0.3) is 0 Å². The fourth-order valence-electron chi connectivity index (χ4n) is 13.9. The Bertz CT molecular complexity index is 1640. The van der Waals surface area contributed by atoms with Crippen LogP contribution in [0.2, 0.25) is 0 Å². The summed E-state index contributed by atoms with van der Waals surface area (Å²) >= 11 is 0. The molecule has 0 aromatic rings. The summed E-state index contributed by atoms with van der Waals surface area (Å²) in [5.41, 5.74) is -1.38. The summed E-state index contributed by atoms with van der Waals surface area (Å²) in [5.74, 6) is 1.39. The summed E-state index contributed by atoms with van der Waals surface area (Å²) in [6.07, 6.45) is -5.16. The van der Waals surface area contributed by atoms with Crippen molar-refractivity contribution in [3.8, 4) is 0 Å². The lowest BCUT2D eigenvalue weighted by Gasteiger charge is -2.60. The van der Waals surface area contributed by atoms with Crippen molar-refractivity contribution in [3.05, 3.63) is 12.2 Å². The first-order chi connectivity index (χ1) is 31.3. The zero-order chi connectivity index (χ0) is 47.6. The van der Waals surface area contributed by atoms with Crippen LogP contribution in [-0.2, 0) is 52.1 Å². The molecule has 4 heterocycles. The molecule has 7 fully saturated rings. The third kappa shape index (κ3) is 9.12. The molecular formula is C48H80O18. The van der Waals surface area contributed by atoms with Crippen LogP contribution in [-0.4, -0.2) is 192 Å². The fraction of sp³-hybridized carbons (Fsp3) is 0.958. The quantitative estimate of drug-likeness (QED) is 0.130. The van der Waals surface area contributed by atoms with E-state index in [9.17, 15) is 35.7 Å². The molecule has 0 spiro atoms. The van der Waals surface area contributed by atoms with Crippen molar-refractivity contribution < 1.29 is 87.9 Å². The largest absolute Gasteiger partial charge is 0.394 e. The average molecular weight is 945 g/mol. The highest BCUT2D eigenvalue weighted by Crippen LogP contribution is 2.67. The van der Waals surface area contributed by atoms with E-state index in [2.05, 4.69) is 26.0 Å². The Morgan fingerprint density at radius 1 is 0.621 bits per heavy atom. The van der Waals surface area contributed by atoms with E-state index in [0.717, 1.165) is 38.5 Å². The summed E-state index contributed by atoms with van der Waals surface area (Å²) in [6, 6.07) is 0. The first-order valence-electron chi connectivity index (χ1n) is 24.6. The second-order valence-electron chi connectivity index (χ2n) is 21.4. The van der Waals surface area contributed by atoms with Crippen molar-refractivity contribution in [2.75, 3.05) is 27.9 Å². The van der Waals surface area contributed by atoms with E-state index in [-0.39, 0.29) is 29.3 Å². The van der Waals surface area contributed by atoms with Crippen LogP contribution in [0.15, 0.2) is 12.2 Å². The van der Waals surface area contributed by atoms with Gasteiger partial charge in [-0.3, -0.25) is 0 Å². The molecule has 4 aliphatic heterocycles. The van der Waals surface area contributed by atoms with Crippen LogP contribution in [0, 0.1) is 34.5 Å². The smallest absolute Gasteiger partial charge is 0.187 e. The standard InChI is InChI=1S/C48H80O18/c1-22-36(50)43(58-9)40(54)45(61-22)63-27-12-15-46(5)26(18-27)10-11-28-29(46)13-16-47(6)30(28)14-17-48(47,55)25(4)62-34-19-31(56-7)41(23(2)59-34)65-35-20-32(57-8)42(24(3)60-35)66-44-39(53)38(52)37(51)33(21-49)64-44/h10-11,22-45,49-55H,12-21H2,1-9H3/t22-,23-,24-,25-,26+,27+,28-,29+,30+,31+,32-,33-,34+,35+,36+,37-,38+,39-,40-,41+,42-,43+,44+,45+,46+,47+,48+/m1/s1. The number of rotatable bonds is 13. The Balaban J connectivity index is 0.861. The van der Waals surface area contributed by atoms with E-state index in [4.69, 9.17) is 52.1 Å². The molecule has 66 heavy (non-hydrogen) atoms. The molecule has 0 radical (unpaired) electrons. The van der Waals surface area contributed by atoms with Crippen LogP contribution in [0.3, 0.4) is 0 Å². The fourth-order valence-corrected chi connectivity index (χ4v) is 13.9. The molecule has 0 aromatic carbocycles. The van der Waals surface area contributed by atoms with Gasteiger partial charge >= 0.3 is 0 Å². The number of aliphatic hydroxyl groups is 7. The molecule has 18 nitrogen and oxygen atoms in total. The summed E-state index contributed by atoms with van der Waals surface area (Å²) in [7, 11) is 4.64. The molecule has 8 rings (SSSR count). The minimum Gasteiger partial charge on any atom is -0.394 e. The van der Waals surface area contributed by atoms with Crippen molar-refractivity contribution in [3.63, 3.8) is 0 Å². The van der Waals surface area contributed by atoms with Gasteiger partial charge in [-0.05, 0) is 102 Å².